The van der Waals surface area contributed by atoms with Crippen LogP contribution in [0.2, 0.25) is 0 Å². The Balaban J connectivity index is 0.000000215. The molecule has 300 valence electrons. The van der Waals surface area contributed by atoms with Gasteiger partial charge in [-0.05, 0) is 58.9 Å². The van der Waals surface area contributed by atoms with Crippen LogP contribution in [0.5, 0.6) is 11.5 Å². The van der Waals surface area contributed by atoms with Crippen molar-refractivity contribution in [1.29, 1.82) is 0 Å². The average molecular weight is 771 g/mol. The number of benzene rings is 4. The monoisotopic (exact) mass is 770 g/mol. The number of carbonyl (C=O) groups excluding carboxylic acids is 2. The van der Waals surface area contributed by atoms with Crippen LogP contribution in [0.4, 0.5) is 8.78 Å². The minimum absolute atomic E-state index is 0.0107. The van der Waals surface area contributed by atoms with Gasteiger partial charge in [0.1, 0.15) is 13.2 Å². The fraction of sp³-hybridized carbons (Fsp3) is 0.422. The molecule has 2 fully saturated rings. The maximum Gasteiger partial charge on any atom is 0.227 e. The molecule has 2 amide bonds. The molecule has 11 heteroatoms. The van der Waals surface area contributed by atoms with Crippen LogP contribution in [0.15, 0.2) is 97.1 Å². The number of rotatable bonds is 15. The van der Waals surface area contributed by atoms with Crippen LogP contribution in [0, 0.1) is 11.6 Å². The van der Waals surface area contributed by atoms with Crippen LogP contribution < -0.4 is 9.47 Å². The van der Waals surface area contributed by atoms with Crippen molar-refractivity contribution in [1.82, 2.24) is 19.6 Å². The third-order valence-corrected chi connectivity index (χ3v) is 10.3. The number of aliphatic hydroxyl groups is 1. The van der Waals surface area contributed by atoms with Gasteiger partial charge in [0.25, 0.3) is 0 Å². The molecule has 0 saturated carbocycles. The molecule has 4 aromatic carbocycles. The molecule has 9 nitrogen and oxygen atoms in total. The van der Waals surface area contributed by atoms with Gasteiger partial charge < -0.3 is 24.4 Å². The molecule has 1 N–H and O–H groups in total. The first-order valence-corrected chi connectivity index (χ1v) is 19.7. The molecule has 0 radical (unpaired) electrons. The lowest BCUT2D eigenvalue weighted by atomic mass is 10.00. The molecule has 0 unspecified atom stereocenters. The van der Waals surface area contributed by atoms with Gasteiger partial charge in [-0.15, -0.1) is 0 Å². The van der Waals surface area contributed by atoms with Crippen molar-refractivity contribution in [3.8, 4) is 11.5 Å². The highest BCUT2D eigenvalue weighted by Gasteiger charge is 2.22. The Bertz CT molecular complexity index is 1790. The smallest absolute Gasteiger partial charge is 0.227 e. The standard InChI is InChI=1S/C24H31FN2O2.C21H25FN2O3/c1-19(2)21-10-7-20(8-11-21)9-12-24(28)27-15-13-26(14-16-27)17-18-29-23-6-4-3-5-22(23)25;22-19-3-1-2-4-20(19)27-14-13-23-9-11-24(12-10-23)21(26)15-17-5-7-18(16-25)8-6-17/h3-8,10-11,19H,9,12-18H2,1-2H3;1-8,25H,9-16H2. The molecule has 2 saturated heterocycles. The van der Waals surface area contributed by atoms with Gasteiger partial charge >= 0.3 is 0 Å². The third-order valence-electron chi connectivity index (χ3n) is 10.3. The SMILES string of the molecule is CC(C)c1ccc(CCC(=O)N2CCN(CCOc3ccccc3F)CC2)cc1.O=C(Cc1ccc(CO)cc1)N1CCN(CCOc2ccccc2F)CC1. The maximum atomic E-state index is 13.6. The molecule has 0 spiro atoms. The Morgan fingerprint density at radius 3 is 1.52 bits per heavy atom. The van der Waals surface area contributed by atoms with Crippen LogP contribution in [-0.4, -0.2) is 115 Å². The van der Waals surface area contributed by atoms with E-state index in [4.69, 9.17) is 14.6 Å². The van der Waals surface area contributed by atoms with Crippen molar-refractivity contribution in [2.24, 2.45) is 0 Å². The minimum atomic E-state index is -0.347. The molecular weight excluding hydrogens is 715 g/mol. The van der Waals surface area contributed by atoms with Crippen molar-refractivity contribution in [3.63, 3.8) is 0 Å². The lowest BCUT2D eigenvalue weighted by molar-refractivity contribution is -0.133. The van der Waals surface area contributed by atoms with Crippen molar-refractivity contribution in [2.75, 3.05) is 78.7 Å². The predicted molar refractivity (Wildman–Crippen MR) is 215 cm³/mol. The highest BCUT2D eigenvalue weighted by atomic mass is 19.1. The predicted octanol–water partition coefficient (Wildman–Crippen LogP) is 6.19. The molecule has 6 rings (SSSR count). The fourth-order valence-electron chi connectivity index (χ4n) is 6.66. The Morgan fingerprint density at radius 1 is 0.607 bits per heavy atom. The second-order valence-electron chi connectivity index (χ2n) is 14.6. The Morgan fingerprint density at radius 2 is 1.05 bits per heavy atom. The quantitative estimate of drug-likeness (QED) is 0.155. The number of halogens is 2. The van der Waals surface area contributed by atoms with Crippen LogP contribution >= 0.6 is 0 Å². The number of aryl methyl sites for hydroxylation is 1. The number of nitrogens with zero attached hydrogens (tertiary/aromatic N) is 4. The number of piperazine rings is 2. The Labute approximate surface area is 330 Å². The first kappa shape index (κ1) is 42.3. The zero-order valence-electron chi connectivity index (χ0n) is 32.8. The molecular formula is C45H56F2N4O5. The molecule has 0 atom stereocenters. The van der Waals surface area contributed by atoms with Crippen molar-refractivity contribution >= 4 is 11.8 Å². The summed E-state index contributed by atoms with van der Waals surface area (Å²) in [4.78, 5) is 33.3. The van der Waals surface area contributed by atoms with Gasteiger partial charge in [-0.1, -0.05) is 86.6 Å². The van der Waals surface area contributed by atoms with Crippen LogP contribution in [-0.2, 0) is 29.0 Å². The number of carbonyl (C=O) groups is 2. The molecule has 2 aliphatic rings. The average Bonchev–Trinajstić information content (AvgIpc) is 3.22. The first-order chi connectivity index (χ1) is 27.2. The Kier molecular flexibility index (Phi) is 16.7. The van der Waals surface area contributed by atoms with E-state index < -0.39 is 0 Å². The summed E-state index contributed by atoms with van der Waals surface area (Å²) in [5, 5.41) is 9.07. The van der Waals surface area contributed by atoms with E-state index in [9.17, 15) is 18.4 Å². The van der Waals surface area contributed by atoms with E-state index in [-0.39, 0.29) is 35.8 Å². The molecule has 56 heavy (non-hydrogen) atoms. The summed E-state index contributed by atoms with van der Waals surface area (Å²) in [6.07, 6.45) is 1.72. The number of hydrogen-bond donors (Lipinski definition) is 1. The minimum Gasteiger partial charge on any atom is -0.489 e. The highest BCUT2D eigenvalue weighted by Crippen LogP contribution is 2.18. The highest BCUT2D eigenvalue weighted by molar-refractivity contribution is 5.79. The van der Waals surface area contributed by atoms with E-state index in [0.29, 0.717) is 57.4 Å². The van der Waals surface area contributed by atoms with Crippen molar-refractivity contribution in [2.45, 2.75) is 45.6 Å². The van der Waals surface area contributed by atoms with Crippen molar-refractivity contribution in [3.05, 3.63) is 131 Å². The van der Waals surface area contributed by atoms with Crippen LogP contribution in [0.3, 0.4) is 0 Å². The molecule has 0 aromatic heterocycles. The van der Waals surface area contributed by atoms with Gasteiger partial charge in [0.2, 0.25) is 11.8 Å². The van der Waals surface area contributed by atoms with E-state index in [1.165, 1.54) is 23.3 Å². The zero-order chi connectivity index (χ0) is 39.7. The fourth-order valence-corrected chi connectivity index (χ4v) is 6.66. The lowest BCUT2D eigenvalue weighted by Crippen LogP contribution is -2.49. The van der Waals surface area contributed by atoms with E-state index >= 15 is 0 Å². The summed E-state index contributed by atoms with van der Waals surface area (Å²) >= 11 is 0. The van der Waals surface area contributed by atoms with Gasteiger partial charge in [-0.3, -0.25) is 19.4 Å². The van der Waals surface area contributed by atoms with Gasteiger partial charge in [0.05, 0.1) is 13.0 Å². The summed E-state index contributed by atoms with van der Waals surface area (Å²) in [6.45, 7) is 12.8. The normalized spacial score (nSPS) is 15.0. The largest absolute Gasteiger partial charge is 0.489 e. The summed E-state index contributed by atoms with van der Waals surface area (Å²) in [6, 6.07) is 28.9. The van der Waals surface area contributed by atoms with E-state index in [0.717, 1.165) is 63.4 Å². The van der Waals surface area contributed by atoms with E-state index in [1.54, 1.807) is 36.4 Å². The Hall–Kier alpha value is -4.84. The number of ether oxygens (including phenoxy) is 2. The van der Waals surface area contributed by atoms with Gasteiger partial charge in [0.15, 0.2) is 23.1 Å². The van der Waals surface area contributed by atoms with Crippen LogP contribution in [0.25, 0.3) is 0 Å². The van der Waals surface area contributed by atoms with Crippen molar-refractivity contribution < 1.29 is 33.0 Å². The number of hydrogen-bond acceptors (Lipinski definition) is 7. The summed E-state index contributed by atoms with van der Waals surface area (Å²) in [7, 11) is 0. The van der Waals surface area contributed by atoms with Crippen LogP contribution in [0.1, 0.15) is 48.4 Å². The second-order valence-corrected chi connectivity index (χ2v) is 14.6. The first-order valence-electron chi connectivity index (χ1n) is 19.7. The van der Waals surface area contributed by atoms with E-state index in [2.05, 4.69) is 47.9 Å². The summed E-state index contributed by atoms with van der Waals surface area (Å²) < 4.78 is 38.1. The third kappa shape index (κ3) is 13.4. The molecule has 2 aliphatic heterocycles. The van der Waals surface area contributed by atoms with Gasteiger partial charge in [-0.25, -0.2) is 8.78 Å². The topological polar surface area (TPSA) is 85.8 Å². The summed E-state index contributed by atoms with van der Waals surface area (Å²) in [5.41, 5.74) is 4.34. The van der Waals surface area contributed by atoms with Gasteiger partial charge in [0, 0.05) is 71.9 Å². The lowest BCUT2D eigenvalue weighted by Gasteiger charge is -2.34. The molecule has 4 aromatic rings. The van der Waals surface area contributed by atoms with Gasteiger partial charge in [-0.2, -0.15) is 0 Å². The zero-order valence-corrected chi connectivity index (χ0v) is 32.8. The molecule has 0 bridgehead atoms. The summed E-state index contributed by atoms with van der Waals surface area (Å²) in [5.74, 6) is 0.760. The second kappa shape index (κ2) is 22.0. The van der Waals surface area contributed by atoms with E-state index in [1.807, 2.05) is 34.1 Å². The number of aliphatic hydroxyl groups excluding tert-OH is 1. The number of para-hydroxylation sites is 2. The number of amides is 2. The molecule has 0 aliphatic carbocycles. The maximum absolute atomic E-state index is 13.6. The molecule has 2 heterocycles.